The van der Waals surface area contributed by atoms with E-state index in [1.807, 2.05) is 0 Å². The highest BCUT2D eigenvalue weighted by atomic mass is 16.3. The maximum atomic E-state index is 8.98. The third-order valence-corrected chi connectivity index (χ3v) is 5.40. The fourth-order valence-corrected chi connectivity index (χ4v) is 3.84. The molecular weight excluding hydrogens is 302 g/mol. The summed E-state index contributed by atoms with van der Waals surface area (Å²) in [5.74, 6) is 2.16. The first-order valence-corrected chi connectivity index (χ1v) is 9.41. The molecule has 2 fully saturated rings. The summed E-state index contributed by atoms with van der Waals surface area (Å²) in [6.07, 6.45) is 8.78. The van der Waals surface area contributed by atoms with Crippen molar-refractivity contribution < 1.29 is 5.11 Å². The van der Waals surface area contributed by atoms with Crippen molar-refractivity contribution in [1.29, 1.82) is 0 Å². The van der Waals surface area contributed by atoms with Crippen LogP contribution in [0.2, 0.25) is 0 Å². The summed E-state index contributed by atoms with van der Waals surface area (Å²) in [4.78, 5) is 16.2. The minimum atomic E-state index is 0.281. The summed E-state index contributed by atoms with van der Waals surface area (Å²) in [6, 6.07) is 2.79. The molecule has 0 unspecified atom stereocenters. The van der Waals surface area contributed by atoms with Gasteiger partial charge < -0.3 is 19.8 Å². The topological polar surface area (TPSA) is 55.7 Å². The second-order valence-electron chi connectivity index (χ2n) is 7.06. The molecule has 0 bridgehead atoms. The lowest BCUT2D eigenvalue weighted by atomic mass is 10.0. The van der Waals surface area contributed by atoms with E-state index in [1.54, 1.807) is 6.33 Å². The molecule has 0 aliphatic carbocycles. The van der Waals surface area contributed by atoms with Gasteiger partial charge in [-0.05, 0) is 45.6 Å². The van der Waals surface area contributed by atoms with Gasteiger partial charge in [0.1, 0.15) is 18.0 Å². The van der Waals surface area contributed by atoms with Crippen molar-refractivity contribution in [1.82, 2.24) is 14.9 Å². The zero-order valence-corrected chi connectivity index (χ0v) is 14.9. The molecule has 134 valence electrons. The number of hydrogen-bond donors (Lipinski definition) is 1. The second-order valence-corrected chi connectivity index (χ2v) is 7.06. The molecule has 0 saturated carbocycles. The Labute approximate surface area is 145 Å². The molecule has 1 aromatic rings. The predicted molar refractivity (Wildman–Crippen MR) is 97.7 cm³/mol. The van der Waals surface area contributed by atoms with Crippen LogP contribution in [0.1, 0.15) is 38.5 Å². The van der Waals surface area contributed by atoms with Gasteiger partial charge in [0.2, 0.25) is 0 Å². The Balaban J connectivity index is 1.56. The molecule has 0 spiro atoms. The van der Waals surface area contributed by atoms with Gasteiger partial charge in [0.05, 0.1) is 0 Å². The molecule has 1 N–H and O–H groups in total. The van der Waals surface area contributed by atoms with Crippen LogP contribution in [-0.4, -0.2) is 72.4 Å². The molecule has 2 aliphatic heterocycles. The Morgan fingerprint density at radius 3 is 2.29 bits per heavy atom. The standard InChI is InChI=1S/C18H31N5O/c1-21(8-5-13-24)16-6-11-23(12-7-16)18-14-17(19-15-20-18)22-9-3-2-4-10-22/h14-16,24H,2-13H2,1H3. The molecule has 2 saturated heterocycles. The molecular formula is C18H31N5O. The van der Waals surface area contributed by atoms with Gasteiger partial charge in [0.25, 0.3) is 0 Å². The van der Waals surface area contributed by atoms with E-state index in [0.717, 1.165) is 63.6 Å². The summed E-state index contributed by atoms with van der Waals surface area (Å²) in [5.41, 5.74) is 0. The van der Waals surface area contributed by atoms with Gasteiger partial charge in [-0.1, -0.05) is 0 Å². The van der Waals surface area contributed by atoms with Gasteiger partial charge in [-0.15, -0.1) is 0 Å². The minimum absolute atomic E-state index is 0.281. The fraction of sp³-hybridized carbons (Fsp3) is 0.778. The van der Waals surface area contributed by atoms with Crippen LogP contribution in [-0.2, 0) is 0 Å². The zero-order chi connectivity index (χ0) is 16.8. The van der Waals surface area contributed by atoms with E-state index in [0.29, 0.717) is 6.04 Å². The Hall–Kier alpha value is -1.40. The average molecular weight is 333 g/mol. The highest BCUT2D eigenvalue weighted by Gasteiger charge is 2.23. The van der Waals surface area contributed by atoms with Crippen LogP contribution < -0.4 is 9.80 Å². The van der Waals surface area contributed by atoms with Gasteiger partial charge in [0.15, 0.2) is 0 Å². The molecule has 0 radical (unpaired) electrons. The van der Waals surface area contributed by atoms with E-state index in [1.165, 1.54) is 19.3 Å². The normalized spacial score (nSPS) is 20.0. The van der Waals surface area contributed by atoms with E-state index in [-0.39, 0.29) is 6.61 Å². The number of rotatable bonds is 6. The highest BCUT2D eigenvalue weighted by Crippen LogP contribution is 2.24. The highest BCUT2D eigenvalue weighted by molar-refractivity contribution is 5.50. The number of nitrogens with zero attached hydrogens (tertiary/aromatic N) is 5. The lowest BCUT2D eigenvalue weighted by molar-refractivity contribution is 0.184. The minimum Gasteiger partial charge on any atom is -0.396 e. The van der Waals surface area contributed by atoms with E-state index in [9.17, 15) is 0 Å². The third kappa shape index (κ3) is 4.36. The molecule has 3 heterocycles. The van der Waals surface area contributed by atoms with Crippen molar-refractivity contribution in [3.63, 3.8) is 0 Å². The van der Waals surface area contributed by atoms with Crippen molar-refractivity contribution in [2.75, 3.05) is 56.2 Å². The molecule has 0 amide bonds. The number of aliphatic hydroxyl groups is 1. The smallest absolute Gasteiger partial charge is 0.134 e. The lowest BCUT2D eigenvalue weighted by Crippen LogP contribution is -2.44. The largest absolute Gasteiger partial charge is 0.396 e. The summed E-state index contributed by atoms with van der Waals surface area (Å²) >= 11 is 0. The first-order valence-electron chi connectivity index (χ1n) is 9.41. The third-order valence-electron chi connectivity index (χ3n) is 5.40. The fourth-order valence-electron chi connectivity index (χ4n) is 3.84. The molecule has 24 heavy (non-hydrogen) atoms. The van der Waals surface area contributed by atoms with Gasteiger partial charge in [-0.3, -0.25) is 0 Å². The summed E-state index contributed by atoms with van der Waals surface area (Å²) < 4.78 is 0. The van der Waals surface area contributed by atoms with Gasteiger partial charge in [-0.2, -0.15) is 0 Å². The Morgan fingerprint density at radius 1 is 1.04 bits per heavy atom. The average Bonchev–Trinajstić information content (AvgIpc) is 2.67. The molecule has 6 nitrogen and oxygen atoms in total. The van der Waals surface area contributed by atoms with Crippen LogP contribution in [0.3, 0.4) is 0 Å². The monoisotopic (exact) mass is 333 g/mol. The van der Waals surface area contributed by atoms with Crippen LogP contribution >= 0.6 is 0 Å². The van der Waals surface area contributed by atoms with E-state index < -0.39 is 0 Å². The van der Waals surface area contributed by atoms with Gasteiger partial charge in [0, 0.05) is 51.4 Å². The van der Waals surface area contributed by atoms with Crippen molar-refractivity contribution in [2.45, 2.75) is 44.6 Å². The van der Waals surface area contributed by atoms with Crippen molar-refractivity contribution in [3.8, 4) is 0 Å². The van der Waals surface area contributed by atoms with Crippen LogP contribution in [0.25, 0.3) is 0 Å². The van der Waals surface area contributed by atoms with Crippen LogP contribution in [0.4, 0.5) is 11.6 Å². The zero-order valence-electron chi connectivity index (χ0n) is 14.9. The summed E-state index contributed by atoms with van der Waals surface area (Å²) in [5, 5.41) is 8.98. The van der Waals surface area contributed by atoms with E-state index >= 15 is 0 Å². The maximum Gasteiger partial charge on any atom is 0.134 e. The lowest BCUT2D eigenvalue weighted by Gasteiger charge is -2.37. The Bertz CT molecular complexity index is 498. The number of hydrogen-bond acceptors (Lipinski definition) is 6. The first kappa shape index (κ1) is 17.4. The Kier molecular flexibility index (Phi) is 6.26. The van der Waals surface area contributed by atoms with Crippen molar-refractivity contribution in [3.05, 3.63) is 12.4 Å². The SMILES string of the molecule is CN(CCCO)C1CCN(c2cc(N3CCCCC3)ncn2)CC1. The number of aromatic nitrogens is 2. The van der Waals surface area contributed by atoms with Crippen molar-refractivity contribution >= 4 is 11.6 Å². The molecule has 6 heteroatoms. The number of anilines is 2. The molecule has 2 aliphatic rings. The maximum absolute atomic E-state index is 8.98. The van der Waals surface area contributed by atoms with E-state index in [2.05, 4.69) is 37.8 Å². The number of piperidine rings is 2. The van der Waals surface area contributed by atoms with Gasteiger partial charge >= 0.3 is 0 Å². The molecule has 0 aromatic carbocycles. The van der Waals surface area contributed by atoms with Crippen LogP contribution in [0.15, 0.2) is 12.4 Å². The molecule has 0 atom stereocenters. The summed E-state index contributed by atoms with van der Waals surface area (Å²) in [7, 11) is 2.18. The van der Waals surface area contributed by atoms with E-state index in [4.69, 9.17) is 5.11 Å². The van der Waals surface area contributed by atoms with Gasteiger partial charge in [-0.25, -0.2) is 9.97 Å². The van der Waals surface area contributed by atoms with Crippen molar-refractivity contribution in [2.24, 2.45) is 0 Å². The Morgan fingerprint density at radius 2 is 1.67 bits per heavy atom. The van der Waals surface area contributed by atoms with Crippen LogP contribution in [0, 0.1) is 0 Å². The summed E-state index contributed by atoms with van der Waals surface area (Å²) in [6.45, 7) is 5.59. The second kappa shape index (κ2) is 8.62. The molecule has 3 rings (SSSR count). The van der Waals surface area contributed by atoms with Crippen LogP contribution in [0.5, 0.6) is 0 Å². The predicted octanol–water partition coefficient (Wildman–Crippen LogP) is 1.75. The quantitative estimate of drug-likeness (QED) is 0.856. The number of aliphatic hydroxyl groups excluding tert-OH is 1. The molecule has 1 aromatic heterocycles. The first-order chi connectivity index (χ1) is 11.8.